The van der Waals surface area contributed by atoms with E-state index >= 15 is 0 Å². The van der Waals surface area contributed by atoms with Crippen LogP contribution in [0.5, 0.6) is 0 Å². The molecule has 3 aromatic heterocycles. The molecular formula is C80H100N14O14S. The van der Waals surface area contributed by atoms with Crippen molar-refractivity contribution in [1.82, 2.24) is 45.1 Å². The van der Waals surface area contributed by atoms with E-state index in [0.717, 1.165) is 75.4 Å². The largest absolute Gasteiger partial charge is 0.481 e. The first-order chi connectivity index (χ1) is 52.1. The number of pyridine rings is 1. The van der Waals surface area contributed by atoms with Gasteiger partial charge in [-0.2, -0.15) is 5.10 Å². The number of carbonyl (C=O) groups excluding carboxylic acids is 8. The molecule has 28 nitrogen and oxygen atoms in total. The second kappa shape index (κ2) is 33.5. The van der Waals surface area contributed by atoms with Crippen LogP contribution in [-0.2, 0) is 64.4 Å². The summed E-state index contributed by atoms with van der Waals surface area (Å²) in [6.07, 6.45) is 13.7. The molecule has 9 N–H and O–H groups in total. The molecule has 2 unspecified atom stereocenters. The number of carboxylic acids is 2. The Labute approximate surface area is 637 Å². The van der Waals surface area contributed by atoms with E-state index in [2.05, 4.69) is 39.7 Å². The summed E-state index contributed by atoms with van der Waals surface area (Å²) >= 11 is 1.41. The summed E-state index contributed by atoms with van der Waals surface area (Å²) in [6, 6.07) is 19.9. The van der Waals surface area contributed by atoms with Gasteiger partial charge in [-0.3, -0.25) is 53.4 Å². The number of primary amides is 1. The Morgan fingerprint density at radius 2 is 1.51 bits per heavy atom. The van der Waals surface area contributed by atoms with Gasteiger partial charge >= 0.3 is 24.1 Å². The van der Waals surface area contributed by atoms with Crippen LogP contribution in [0, 0.1) is 29.1 Å². The number of aromatic carboxylic acids is 1. The monoisotopic (exact) mass is 1510 g/mol. The molecule has 7 aliphatic rings. The van der Waals surface area contributed by atoms with E-state index in [1.54, 1.807) is 37.1 Å². The number of aliphatic carboxylic acids is 1. The van der Waals surface area contributed by atoms with Crippen molar-refractivity contribution in [3.05, 3.63) is 131 Å². The predicted octanol–water partition coefficient (Wildman–Crippen LogP) is 9.74. The average molecular weight is 1510 g/mol. The third kappa shape index (κ3) is 18.3. The number of piperidine rings is 1. The van der Waals surface area contributed by atoms with E-state index < -0.39 is 65.4 Å². The molecule has 9 amide bonds. The number of nitrogens with zero attached hydrogens (tertiary/aromatic N) is 9. The van der Waals surface area contributed by atoms with Crippen molar-refractivity contribution >= 4 is 97.7 Å². The Kier molecular flexibility index (Phi) is 24.1. The number of para-hydroxylation sites is 1. The second-order valence-electron chi connectivity index (χ2n) is 31.7. The van der Waals surface area contributed by atoms with Crippen molar-refractivity contribution in [2.45, 2.75) is 187 Å². The van der Waals surface area contributed by atoms with Crippen LogP contribution in [0.2, 0.25) is 0 Å². The molecule has 580 valence electrons. The molecule has 3 aliphatic heterocycles. The van der Waals surface area contributed by atoms with Crippen molar-refractivity contribution in [3.63, 3.8) is 0 Å². The molecule has 4 atom stereocenters. The van der Waals surface area contributed by atoms with E-state index in [4.69, 9.17) is 31.0 Å². The molecular weight excluding hydrogens is 1410 g/mol. The van der Waals surface area contributed by atoms with Gasteiger partial charge in [0, 0.05) is 99.2 Å². The Balaban J connectivity index is 0.634. The van der Waals surface area contributed by atoms with Gasteiger partial charge < -0.3 is 51.6 Å². The summed E-state index contributed by atoms with van der Waals surface area (Å²) in [5.74, 6) is -4.80. The maximum Gasteiger partial charge on any atom is 0.410 e. The minimum absolute atomic E-state index is 0.00394. The van der Waals surface area contributed by atoms with Gasteiger partial charge in [-0.25, -0.2) is 29.3 Å². The van der Waals surface area contributed by atoms with Gasteiger partial charge in [0.15, 0.2) is 10.8 Å². The Hall–Kier alpha value is -9.97. The Morgan fingerprint density at radius 3 is 2.20 bits per heavy atom. The summed E-state index contributed by atoms with van der Waals surface area (Å²) in [7, 11) is 0. The second-order valence-corrected chi connectivity index (χ2v) is 32.7. The number of anilines is 3. The fourth-order valence-corrected chi connectivity index (χ4v) is 19.5. The zero-order valence-corrected chi connectivity index (χ0v) is 63.5. The predicted molar refractivity (Wildman–Crippen MR) is 409 cm³/mol. The summed E-state index contributed by atoms with van der Waals surface area (Å²) < 4.78 is 16.1. The number of unbranched alkanes of at least 4 members (excludes halogenated alkanes) is 2. The van der Waals surface area contributed by atoms with Gasteiger partial charge in [0.2, 0.25) is 11.8 Å². The highest BCUT2D eigenvalue weighted by atomic mass is 32.1. The van der Waals surface area contributed by atoms with E-state index in [1.165, 1.54) is 35.6 Å². The molecule has 4 bridgehead atoms. The van der Waals surface area contributed by atoms with Gasteiger partial charge in [0.25, 0.3) is 23.6 Å². The summed E-state index contributed by atoms with van der Waals surface area (Å²) in [4.78, 5) is 148. The number of imide groups is 2. The van der Waals surface area contributed by atoms with Crippen molar-refractivity contribution in [2.24, 2.45) is 33.6 Å². The fourth-order valence-electron chi connectivity index (χ4n) is 18.6. The number of benzene rings is 3. The standard InChI is InChI=1S/C80H100N14O14S/c1-50(2)68(87-64(95)19-7-6-10-34-92-65(96)27-28-66(92)97)71(101)84-61(17-12-32-81)72(102)94(74(82)105)55-23-21-52(22-24-55)42-107-76(106)90-36-30-54(31-37-90)89(33-13-20-67(98)99)38-39-108-80-46-77(4)43-78(5,47-80)45-79(44-77,48-80)49-93-51(3)58(40-83-93)56-25-26-63(86-69(56)73(103)104)91-35-29-53-14-11-15-57(59(53)41-91)70(100)88-75-85-60-16-8-9-18-62(60)109-75/h8-9,11,14-16,18,21-28,40,50,54,61,68H,6-7,10,12-13,17,19-20,29-39,41-49,81H2,1-5H3,(H2,82,105)(H,84,101)(H,87,95)(H,98,99)(H,103,104)(H,85,88,100)/t61-,68-,77?,78?,79?,80?/m0/s1. The number of hydrogen-bond acceptors (Lipinski definition) is 19. The van der Waals surface area contributed by atoms with E-state index in [0.29, 0.717) is 137 Å². The van der Waals surface area contributed by atoms with Gasteiger partial charge in [-0.1, -0.05) is 81.9 Å². The number of ether oxygens (including phenoxy) is 2. The number of amides is 9. The van der Waals surface area contributed by atoms with E-state index in [-0.39, 0.29) is 90.3 Å². The lowest BCUT2D eigenvalue weighted by Crippen LogP contribution is -2.64. The number of carboxylic acid groups (broad SMARTS) is 2. The van der Waals surface area contributed by atoms with Crippen molar-refractivity contribution in [2.75, 3.05) is 67.5 Å². The number of aromatic nitrogens is 4. The lowest BCUT2D eigenvalue weighted by molar-refractivity contribution is -0.249. The van der Waals surface area contributed by atoms with Crippen LogP contribution in [0.1, 0.15) is 174 Å². The summed E-state index contributed by atoms with van der Waals surface area (Å²) in [6.45, 7) is 14.4. The third-order valence-electron chi connectivity index (χ3n) is 22.6. The molecule has 0 spiro atoms. The quantitative estimate of drug-likeness (QED) is 0.0149. The number of carbonyl (C=O) groups is 10. The van der Waals surface area contributed by atoms with Gasteiger partial charge in [0.05, 0.1) is 34.3 Å². The number of likely N-dealkylation sites (tertiary alicyclic amines) is 1. The van der Waals surface area contributed by atoms with Crippen molar-refractivity contribution in [3.8, 4) is 11.1 Å². The third-order valence-corrected chi connectivity index (χ3v) is 23.5. The normalized spacial score (nSPS) is 21.4. The Bertz CT molecular complexity index is 4400. The molecule has 29 heteroatoms. The minimum atomic E-state index is -1.25. The number of rotatable bonds is 33. The van der Waals surface area contributed by atoms with Crippen LogP contribution in [0.15, 0.2) is 97.2 Å². The summed E-state index contributed by atoms with van der Waals surface area (Å²) in [5, 5.41) is 34.5. The van der Waals surface area contributed by atoms with Gasteiger partial charge in [-0.15, -0.1) is 0 Å². The molecule has 1 saturated heterocycles. The molecule has 6 aromatic rings. The number of urea groups is 1. The Morgan fingerprint density at radius 1 is 0.780 bits per heavy atom. The first kappa shape index (κ1) is 78.6. The molecule has 109 heavy (non-hydrogen) atoms. The number of hydrogen-bond donors (Lipinski definition) is 7. The topological polar surface area (TPSA) is 378 Å². The number of thiazole rings is 1. The van der Waals surface area contributed by atoms with E-state index in [1.807, 2.05) is 71.1 Å². The minimum Gasteiger partial charge on any atom is -0.481 e. The first-order valence-electron chi connectivity index (χ1n) is 38.0. The molecule has 13 rings (SSSR count). The van der Waals surface area contributed by atoms with Crippen LogP contribution < -0.4 is 37.2 Å². The SMILES string of the molecule is Cc1c(-c2ccc(N3CCc4cccc(C(=O)Nc5nc6ccccc6s5)c4C3)nc2C(=O)O)cnn1CC12CC3(C)CC(C)(C1)CC(OCCN(CCCC(=O)O)C1CCN(C(=O)OCc4ccc(N(C(N)=O)C(=O)[C@H](CCCN)NC(=O)[C@@H](NC(=O)CCCCCN5C(=O)C=CC5=O)C(C)C)cc4)CC1)(C3)C2. The summed E-state index contributed by atoms with van der Waals surface area (Å²) in [5.41, 5.74) is 16.9. The lowest BCUT2D eigenvalue weighted by atomic mass is 9.39. The molecule has 5 fully saturated rings. The molecule has 3 aromatic carbocycles. The van der Waals surface area contributed by atoms with Gasteiger partial charge in [-0.05, 0) is 191 Å². The van der Waals surface area contributed by atoms with E-state index in [9.17, 15) is 58.2 Å². The maximum absolute atomic E-state index is 14.2. The highest BCUT2D eigenvalue weighted by molar-refractivity contribution is 7.22. The highest BCUT2D eigenvalue weighted by Gasteiger charge is 2.66. The lowest BCUT2D eigenvalue weighted by Gasteiger charge is -2.69. The number of fused-ring (bicyclic) bond motifs is 2. The van der Waals surface area contributed by atoms with Crippen LogP contribution in [0.4, 0.5) is 26.2 Å². The fraction of sp³-hybridized carbons (Fsp3) is 0.512. The highest BCUT2D eigenvalue weighted by Crippen LogP contribution is 2.72. The molecule has 0 radical (unpaired) electrons. The number of nitrogens with one attached hydrogen (secondary N) is 3. The van der Waals surface area contributed by atoms with Crippen LogP contribution in [0.3, 0.4) is 0 Å². The first-order valence-corrected chi connectivity index (χ1v) is 38.8. The number of nitrogens with two attached hydrogens (primary N) is 2. The van der Waals surface area contributed by atoms with Crippen LogP contribution in [-0.4, -0.2) is 180 Å². The molecule has 4 saturated carbocycles. The van der Waals surface area contributed by atoms with Gasteiger partial charge in [0.1, 0.15) is 24.5 Å². The smallest absolute Gasteiger partial charge is 0.410 e. The van der Waals surface area contributed by atoms with Crippen LogP contribution in [0.25, 0.3) is 21.3 Å². The maximum atomic E-state index is 14.2. The van der Waals surface area contributed by atoms with Crippen molar-refractivity contribution in [1.29, 1.82) is 0 Å². The zero-order chi connectivity index (χ0) is 77.5. The van der Waals surface area contributed by atoms with Crippen LogP contribution >= 0.6 is 11.3 Å². The molecule has 4 aliphatic carbocycles. The van der Waals surface area contributed by atoms with Crippen molar-refractivity contribution < 1.29 is 67.6 Å². The zero-order valence-electron chi connectivity index (χ0n) is 62.7. The average Bonchev–Trinajstić information content (AvgIpc) is 1.42. The molecule has 6 heterocycles.